The molecule has 5 nitrogen and oxygen atoms in total. The van der Waals surface area contributed by atoms with E-state index in [9.17, 15) is 17.6 Å². The lowest BCUT2D eigenvalue weighted by Crippen LogP contribution is -2.17. The number of alkyl halides is 3. The molecule has 1 heterocycles. The molecular weight excluding hydrogens is 388 g/mol. The first-order valence-corrected chi connectivity index (χ1v) is 8.71. The zero-order chi connectivity index (χ0) is 21.0. The zero-order valence-electron chi connectivity index (χ0n) is 15.7. The molecule has 29 heavy (non-hydrogen) atoms. The van der Waals surface area contributed by atoms with Crippen LogP contribution >= 0.6 is 0 Å². The van der Waals surface area contributed by atoms with Gasteiger partial charge in [0, 0.05) is 24.6 Å². The van der Waals surface area contributed by atoms with Gasteiger partial charge in [-0.05, 0) is 55.5 Å². The monoisotopic (exact) mass is 406 g/mol. The van der Waals surface area contributed by atoms with Gasteiger partial charge in [-0.1, -0.05) is 0 Å². The fourth-order valence-electron chi connectivity index (χ4n) is 2.55. The van der Waals surface area contributed by atoms with Gasteiger partial charge in [0.25, 0.3) is 0 Å². The predicted molar refractivity (Wildman–Crippen MR) is 102 cm³/mol. The lowest BCUT2D eigenvalue weighted by molar-refractivity contribution is -0.137. The normalized spacial score (nSPS) is 11.2. The lowest BCUT2D eigenvalue weighted by Gasteiger charge is -2.20. The summed E-state index contributed by atoms with van der Waals surface area (Å²) in [5.74, 6) is -0.180. The summed E-state index contributed by atoms with van der Waals surface area (Å²) in [4.78, 5) is 9.34. The highest BCUT2D eigenvalue weighted by atomic mass is 19.4. The Labute approximate surface area is 165 Å². The average Bonchev–Trinajstić information content (AvgIpc) is 2.69. The van der Waals surface area contributed by atoms with Crippen molar-refractivity contribution in [1.82, 2.24) is 9.97 Å². The minimum Gasteiger partial charge on any atom is -0.494 e. The van der Waals surface area contributed by atoms with Gasteiger partial charge < -0.3 is 15.0 Å². The molecule has 0 fully saturated rings. The van der Waals surface area contributed by atoms with Crippen LogP contribution in [0.1, 0.15) is 12.5 Å². The van der Waals surface area contributed by atoms with Crippen LogP contribution < -0.4 is 15.0 Å². The predicted octanol–water partition coefficient (Wildman–Crippen LogP) is 5.54. The van der Waals surface area contributed by atoms with E-state index in [1.54, 1.807) is 31.3 Å². The van der Waals surface area contributed by atoms with Gasteiger partial charge in [-0.2, -0.15) is 18.2 Å². The number of hydrogen-bond donors (Lipinski definition) is 1. The number of rotatable bonds is 6. The second-order valence-corrected chi connectivity index (χ2v) is 6.05. The van der Waals surface area contributed by atoms with E-state index < -0.39 is 17.6 Å². The van der Waals surface area contributed by atoms with Gasteiger partial charge in [0.05, 0.1) is 6.61 Å². The molecule has 3 aromatic rings. The quantitative estimate of drug-likeness (QED) is 0.545. The molecule has 0 aliphatic carbocycles. The van der Waals surface area contributed by atoms with Crippen LogP contribution in [-0.4, -0.2) is 23.6 Å². The van der Waals surface area contributed by atoms with E-state index in [2.05, 4.69) is 15.3 Å². The summed E-state index contributed by atoms with van der Waals surface area (Å²) in [6, 6.07) is 11.9. The van der Waals surface area contributed by atoms with Crippen LogP contribution in [0.25, 0.3) is 0 Å². The van der Waals surface area contributed by atoms with Crippen LogP contribution in [-0.2, 0) is 6.18 Å². The van der Waals surface area contributed by atoms with Crippen molar-refractivity contribution >= 4 is 23.1 Å². The minimum atomic E-state index is -4.64. The van der Waals surface area contributed by atoms with Crippen molar-refractivity contribution in [3.05, 3.63) is 66.1 Å². The van der Waals surface area contributed by atoms with Gasteiger partial charge in [-0.25, -0.2) is 9.37 Å². The minimum absolute atomic E-state index is 0.0260. The lowest BCUT2D eigenvalue weighted by atomic mass is 10.2. The summed E-state index contributed by atoms with van der Waals surface area (Å²) >= 11 is 0. The molecule has 1 N–H and O–H groups in total. The van der Waals surface area contributed by atoms with E-state index >= 15 is 0 Å². The number of nitrogens with one attached hydrogen (secondary N) is 1. The Hall–Kier alpha value is -3.36. The molecule has 0 saturated carbocycles. The number of benzene rings is 2. The molecule has 0 saturated heterocycles. The number of nitrogens with zero attached hydrogens (tertiary/aromatic N) is 3. The summed E-state index contributed by atoms with van der Waals surface area (Å²) in [5.41, 5.74) is -0.0612. The van der Waals surface area contributed by atoms with Gasteiger partial charge in [-0.15, -0.1) is 0 Å². The third kappa shape index (κ3) is 4.92. The number of halogens is 4. The van der Waals surface area contributed by atoms with E-state index in [-0.39, 0.29) is 11.8 Å². The Kier molecular flexibility index (Phi) is 5.86. The fourth-order valence-corrected chi connectivity index (χ4v) is 2.55. The van der Waals surface area contributed by atoms with Crippen LogP contribution in [0, 0.1) is 5.82 Å². The molecule has 9 heteroatoms. The van der Waals surface area contributed by atoms with Crippen molar-refractivity contribution in [2.75, 3.05) is 23.9 Å². The highest BCUT2D eigenvalue weighted by molar-refractivity contribution is 5.64. The average molecular weight is 406 g/mol. The topological polar surface area (TPSA) is 50.3 Å². The third-order valence-corrected chi connectivity index (χ3v) is 4.02. The van der Waals surface area contributed by atoms with Gasteiger partial charge >= 0.3 is 6.18 Å². The van der Waals surface area contributed by atoms with Crippen molar-refractivity contribution in [1.29, 1.82) is 0 Å². The number of ether oxygens (including phenoxy) is 1. The molecule has 0 aliphatic heterocycles. The molecule has 0 bridgehead atoms. The molecule has 0 radical (unpaired) electrons. The van der Waals surface area contributed by atoms with Gasteiger partial charge in [0.15, 0.2) is 0 Å². The van der Waals surface area contributed by atoms with E-state index in [0.29, 0.717) is 23.7 Å². The largest absolute Gasteiger partial charge is 0.494 e. The Balaban J connectivity index is 1.94. The summed E-state index contributed by atoms with van der Waals surface area (Å²) in [6.07, 6.45) is -3.92. The molecule has 0 spiro atoms. The van der Waals surface area contributed by atoms with Gasteiger partial charge in [0.2, 0.25) is 5.95 Å². The Morgan fingerprint density at radius 1 is 1.03 bits per heavy atom. The molecular formula is C20H18F4N4O. The van der Waals surface area contributed by atoms with Gasteiger partial charge in [-0.3, -0.25) is 0 Å². The summed E-state index contributed by atoms with van der Waals surface area (Å²) in [5, 5.41) is 2.69. The summed E-state index contributed by atoms with van der Waals surface area (Å²) < 4.78 is 58.7. The van der Waals surface area contributed by atoms with Crippen molar-refractivity contribution in [3.8, 4) is 5.75 Å². The molecule has 152 valence electrons. The Morgan fingerprint density at radius 2 is 1.69 bits per heavy atom. The first-order valence-electron chi connectivity index (χ1n) is 8.71. The second kappa shape index (κ2) is 8.34. The maximum atomic E-state index is 13.4. The first-order chi connectivity index (χ1) is 13.8. The third-order valence-electron chi connectivity index (χ3n) is 4.02. The van der Waals surface area contributed by atoms with E-state index in [1.807, 2.05) is 6.92 Å². The van der Waals surface area contributed by atoms with Crippen LogP contribution in [0.3, 0.4) is 0 Å². The van der Waals surface area contributed by atoms with E-state index in [1.165, 1.54) is 29.2 Å². The summed E-state index contributed by atoms with van der Waals surface area (Å²) in [7, 11) is 1.58. The maximum Gasteiger partial charge on any atom is 0.421 e. The smallest absolute Gasteiger partial charge is 0.421 e. The van der Waals surface area contributed by atoms with E-state index in [4.69, 9.17) is 4.74 Å². The van der Waals surface area contributed by atoms with Gasteiger partial charge in [0.1, 0.15) is 22.9 Å². The molecule has 0 aliphatic rings. The Bertz CT molecular complexity index is 960. The number of hydrogen-bond acceptors (Lipinski definition) is 5. The molecule has 0 unspecified atom stereocenters. The van der Waals surface area contributed by atoms with E-state index in [0.717, 1.165) is 6.20 Å². The van der Waals surface area contributed by atoms with Crippen LogP contribution in [0.5, 0.6) is 5.75 Å². The van der Waals surface area contributed by atoms with Crippen molar-refractivity contribution in [2.45, 2.75) is 13.1 Å². The molecule has 3 rings (SSSR count). The maximum absolute atomic E-state index is 13.4. The molecule has 2 aromatic carbocycles. The standard InChI is InChI=1S/C20H18F4N4O/c1-3-29-16-10-6-14(7-11-16)26-18-17(20(22,23)24)12-25-19(27-18)28(2)15-8-4-13(21)5-9-15/h4-12H,3H2,1-2H3,(H,25,26,27). The first kappa shape index (κ1) is 20.4. The number of aromatic nitrogens is 2. The van der Waals surface area contributed by atoms with Crippen LogP contribution in [0.2, 0.25) is 0 Å². The van der Waals surface area contributed by atoms with Crippen molar-refractivity contribution in [2.24, 2.45) is 0 Å². The Morgan fingerprint density at radius 3 is 2.28 bits per heavy atom. The highest BCUT2D eigenvalue weighted by Crippen LogP contribution is 2.36. The fraction of sp³-hybridized carbons (Fsp3) is 0.200. The second-order valence-electron chi connectivity index (χ2n) is 6.05. The zero-order valence-corrected chi connectivity index (χ0v) is 15.7. The molecule has 0 amide bonds. The van der Waals surface area contributed by atoms with Crippen molar-refractivity contribution < 1.29 is 22.3 Å². The van der Waals surface area contributed by atoms with Crippen LogP contribution in [0.4, 0.5) is 40.7 Å². The SMILES string of the molecule is CCOc1ccc(Nc2nc(N(C)c3ccc(F)cc3)ncc2C(F)(F)F)cc1. The van der Waals surface area contributed by atoms with Crippen LogP contribution in [0.15, 0.2) is 54.7 Å². The molecule has 0 atom stereocenters. The summed E-state index contributed by atoms with van der Waals surface area (Å²) in [6.45, 7) is 2.32. The number of anilines is 4. The van der Waals surface area contributed by atoms with Crippen molar-refractivity contribution in [3.63, 3.8) is 0 Å². The highest BCUT2D eigenvalue weighted by Gasteiger charge is 2.35. The molecule has 1 aromatic heterocycles.